The average molecular weight is 530 g/mol. The SMILES string of the molecule is COc1ccc(N(C(=O)Cn2nnc3ccccc32)C(C(=O)NC2CCCCC2)c2ccc(O)c(O)c2)cc1. The van der Waals surface area contributed by atoms with Crippen LogP contribution in [0.25, 0.3) is 11.0 Å². The van der Waals surface area contributed by atoms with Gasteiger partial charge in [-0.05, 0) is 66.9 Å². The Morgan fingerprint density at radius 1 is 1.03 bits per heavy atom. The first-order valence-electron chi connectivity index (χ1n) is 13.0. The van der Waals surface area contributed by atoms with Gasteiger partial charge in [-0.1, -0.05) is 42.7 Å². The monoisotopic (exact) mass is 529 g/mol. The maximum absolute atomic E-state index is 14.1. The van der Waals surface area contributed by atoms with Crippen molar-refractivity contribution in [1.29, 1.82) is 0 Å². The number of aromatic nitrogens is 3. The number of nitrogens with one attached hydrogen (secondary N) is 1. The smallest absolute Gasteiger partial charge is 0.249 e. The molecule has 0 radical (unpaired) electrons. The molecule has 3 N–H and O–H groups in total. The van der Waals surface area contributed by atoms with Crippen molar-refractivity contribution in [3.63, 3.8) is 0 Å². The van der Waals surface area contributed by atoms with E-state index in [0.29, 0.717) is 28.0 Å². The van der Waals surface area contributed by atoms with Crippen LogP contribution in [0, 0.1) is 0 Å². The molecule has 0 spiro atoms. The zero-order chi connectivity index (χ0) is 27.4. The van der Waals surface area contributed by atoms with Crippen LogP contribution in [0.4, 0.5) is 5.69 Å². The van der Waals surface area contributed by atoms with Gasteiger partial charge in [-0.2, -0.15) is 0 Å². The van der Waals surface area contributed by atoms with Gasteiger partial charge >= 0.3 is 0 Å². The van der Waals surface area contributed by atoms with Crippen LogP contribution in [0.2, 0.25) is 0 Å². The van der Waals surface area contributed by atoms with Crippen LogP contribution in [0.1, 0.15) is 43.7 Å². The molecule has 1 aliphatic carbocycles. The van der Waals surface area contributed by atoms with E-state index in [2.05, 4.69) is 15.6 Å². The van der Waals surface area contributed by atoms with Gasteiger partial charge in [-0.3, -0.25) is 14.5 Å². The maximum atomic E-state index is 14.1. The minimum absolute atomic E-state index is 0.00783. The lowest BCUT2D eigenvalue weighted by molar-refractivity contribution is -0.127. The number of anilines is 1. The highest BCUT2D eigenvalue weighted by atomic mass is 16.5. The number of methoxy groups -OCH3 is 1. The number of benzene rings is 3. The molecule has 10 nitrogen and oxygen atoms in total. The third-order valence-corrected chi connectivity index (χ3v) is 7.10. The number of carbonyl (C=O) groups excluding carboxylic acids is 2. The zero-order valence-electron chi connectivity index (χ0n) is 21.7. The summed E-state index contributed by atoms with van der Waals surface area (Å²) in [7, 11) is 1.55. The van der Waals surface area contributed by atoms with Crippen LogP contribution < -0.4 is 15.0 Å². The molecule has 1 fully saturated rings. The molecule has 0 bridgehead atoms. The minimum Gasteiger partial charge on any atom is -0.504 e. The summed E-state index contributed by atoms with van der Waals surface area (Å²) in [4.78, 5) is 29.4. The number of phenolic OH excluding ortho intramolecular Hbond substituents is 2. The van der Waals surface area contributed by atoms with Crippen LogP contribution in [0.3, 0.4) is 0 Å². The fraction of sp³-hybridized carbons (Fsp3) is 0.310. The summed E-state index contributed by atoms with van der Waals surface area (Å²) >= 11 is 0. The first kappa shape index (κ1) is 26.0. The van der Waals surface area contributed by atoms with Crippen LogP contribution >= 0.6 is 0 Å². The van der Waals surface area contributed by atoms with Gasteiger partial charge in [-0.15, -0.1) is 5.10 Å². The van der Waals surface area contributed by atoms with E-state index in [1.54, 1.807) is 31.4 Å². The molecule has 10 heteroatoms. The Hall–Kier alpha value is -4.60. The maximum Gasteiger partial charge on any atom is 0.249 e. The van der Waals surface area contributed by atoms with Crippen molar-refractivity contribution in [3.8, 4) is 17.2 Å². The van der Waals surface area contributed by atoms with Gasteiger partial charge in [0.2, 0.25) is 11.8 Å². The van der Waals surface area contributed by atoms with Gasteiger partial charge in [-0.25, -0.2) is 4.68 Å². The fourth-order valence-electron chi connectivity index (χ4n) is 5.07. The first-order chi connectivity index (χ1) is 18.9. The molecule has 1 aliphatic rings. The molecule has 2 amide bonds. The molecular formula is C29H31N5O5. The van der Waals surface area contributed by atoms with E-state index in [1.165, 1.54) is 27.8 Å². The predicted molar refractivity (Wildman–Crippen MR) is 146 cm³/mol. The Morgan fingerprint density at radius 3 is 2.49 bits per heavy atom. The van der Waals surface area contributed by atoms with E-state index in [0.717, 1.165) is 32.1 Å². The molecule has 4 aromatic rings. The Kier molecular flexibility index (Phi) is 7.62. The summed E-state index contributed by atoms with van der Waals surface area (Å²) in [5.74, 6) is -0.889. The number of aromatic hydroxyl groups is 2. The number of fused-ring (bicyclic) bond motifs is 1. The highest BCUT2D eigenvalue weighted by Gasteiger charge is 2.35. The summed E-state index contributed by atoms with van der Waals surface area (Å²) in [6, 6.07) is 17.2. The van der Waals surface area contributed by atoms with Crippen molar-refractivity contribution in [2.45, 2.75) is 50.7 Å². The lowest BCUT2D eigenvalue weighted by atomic mass is 9.94. The molecule has 3 aromatic carbocycles. The molecule has 1 atom stereocenters. The van der Waals surface area contributed by atoms with Crippen LogP contribution in [0.15, 0.2) is 66.7 Å². The van der Waals surface area contributed by atoms with Crippen molar-refractivity contribution < 1.29 is 24.5 Å². The topological polar surface area (TPSA) is 130 Å². The van der Waals surface area contributed by atoms with Gasteiger partial charge in [0.25, 0.3) is 0 Å². The fourth-order valence-corrected chi connectivity index (χ4v) is 5.07. The first-order valence-corrected chi connectivity index (χ1v) is 13.0. The predicted octanol–water partition coefficient (Wildman–Crippen LogP) is 4.07. The van der Waals surface area contributed by atoms with Crippen LogP contribution in [0.5, 0.6) is 17.2 Å². The quantitative estimate of drug-likeness (QED) is 0.293. The standard InChI is InChI=1S/C29H31N5O5/c1-39-22-14-12-21(13-15-22)34(27(37)18-33-24-10-6-5-9-23(24)31-32-33)28(19-11-16-25(35)26(36)17-19)29(38)30-20-7-3-2-4-8-20/h5-6,9-17,20,28,35-36H,2-4,7-8,18H2,1H3,(H,30,38). The van der Waals surface area contributed by atoms with Crippen molar-refractivity contribution in [2.24, 2.45) is 0 Å². The Bertz CT molecular complexity index is 1460. The summed E-state index contributed by atoms with van der Waals surface area (Å²) < 4.78 is 6.80. The highest BCUT2D eigenvalue weighted by Crippen LogP contribution is 2.34. The Balaban J connectivity index is 1.58. The average Bonchev–Trinajstić information content (AvgIpc) is 3.36. The van der Waals surface area contributed by atoms with Gasteiger partial charge in [0.1, 0.15) is 23.9 Å². The summed E-state index contributed by atoms with van der Waals surface area (Å²) in [5, 5.41) is 31.7. The molecule has 1 saturated carbocycles. The van der Waals surface area contributed by atoms with E-state index < -0.39 is 11.9 Å². The van der Waals surface area contributed by atoms with E-state index in [9.17, 15) is 19.8 Å². The zero-order valence-corrected chi connectivity index (χ0v) is 21.7. The second kappa shape index (κ2) is 11.4. The second-order valence-corrected chi connectivity index (χ2v) is 9.69. The van der Waals surface area contributed by atoms with Gasteiger partial charge in [0.15, 0.2) is 11.5 Å². The molecule has 202 valence electrons. The number of phenols is 2. The second-order valence-electron chi connectivity index (χ2n) is 9.69. The molecule has 39 heavy (non-hydrogen) atoms. The number of rotatable bonds is 8. The number of para-hydroxylation sites is 1. The van der Waals surface area contributed by atoms with E-state index in [4.69, 9.17) is 4.74 Å². The van der Waals surface area contributed by atoms with Gasteiger partial charge < -0.3 is 20.3 Å². The number of hydrogen-bond acceptors (Lipinski definition) is 7. The van der Waals surface area contributed by atoms with Crippen LogP contribution in [-0.4, -0.2) is 50.2 Å². The number of hydrogen-bond donors (Lipinski definition) is 3. The molecule has 1 unspecified atom stereocenters. The lowest BCUT2D eigenvalue weighted by Gasteiger charge is -2.33. The minimum atomic E-state index is -1.13. The Morgan fingerprint density at radius 2 is 1.77 bits per heavy atom. The molecule has 1 aromatic heterocycles. The van der Waals surface area contributed by atoms with E-state index >= 15 is 0 Å². The molecule has 0 saturated heterocycles. The third-order valence-electron chi connectivity index (χ3n) is 7.10. The molecule has 0 aliphatic heterocycles. The molecule has 5 rings (SSSR count). The van der Waals surface area contributed by atoms with Crippen molar-refractivity contribution >= 4 is 28.5 Å². The van der Waals surface area contributed by atoms with Crippen molar-refractivity contribution in [1.82, 2.24) is 20.3 Å². The number of ether oxygens (including phenoxy) is 1. The Labute approximate surface area is 225 Å². The van der Waals surface area contributed by atoms with Crippen molar-refractivity contribution in [2.75, 3.05) is 12.0 Å². The van der Waals surface area contributed by atoms with Gasteiger partial charge in [0.05, 0.1) is 12.6 Å². The summed E-state index contributed by atoms with van der Waals surface area (Å²) in [6.45, 7) is -0.177. The largest absolute Gasteiger partial charge is 0.504 e. The number of nitrogens with zero attached hydrogens (tertiary/aromatic N) is 4. The number of carbonyl (C=O) groups is 2. The van der Waals surface area contributed by atoms with E-state index in [-0.39, 0.29) is 30.0 Å². The highest BCUT2D eigenvalue weighted by molar-refractivity contribution is 6.01. The lowest BCUT2D eigenvalue weighted by Crippen LogP contribution is -2.48. The van der Waals surface area contributed by atoms with Crippen LogP contribution in [-0.2, 0) is 16.1 Å². The summed E-state index contributed by atoms with van der Waals surface area (Å²) in [5.41, 5.74) is 2.15. The summed E-state index contributed by atoms with van der Waals surface area (Å²) in [6.07, 6.45) is 4.90. The third kappa shape index (κ3) is 5.64. The van der Waals surface area contributed by atoms with E-state index in [1.807, 2.05) is 24.3 Å². The molecule has 1 heterocycles. The number of amides is 2. The normalized spacial score (nSPS) is 14.6. The van der Waals surface area contributed by atoms with Crippen molar-refractivity contribution in [3.05, 3.63) is 72.3 Å². The molecular weight excluding hydrogens is 498 g/mol. The van der Waals surface area contributed by atoms with Gasteiger partial charge in [0, 0.05) is 11.7 Å².